The highest BCUT2D eigenvalue weighted by Gasteiger charge is 2.17. The van der Waals surface area contributed by atoms with E-state index >= 15 is 0 Å². The SMILES string of the molecule is Cc1[nH]c2ccccc2c1-c1nc2c3cc(Br)ccc3c3ccccc3c2[nH]1. The molecular weight excluding hydrogens is 410 g/mol. The Balaban J connectivity index is 1.80. The van der Waals surface area contributed by atoms with E-state index in [0.29, 0.717) is 0 Å². The van der Waals surface area contributed by atoms with E-state index in [1.54, 1.807) is 0 Å². The van der Waals surface area contributed by atoms with E-state index in [0.717, 1.165) is 43.5 Å². The van der Waals surface area contributed by atoms with Gasteiger partial charge < -0.3 is 9.97 Å². The number of aromatic nitrogens is 3. The lowest BCUT2D eigenvalue weighted by Crippen LogP contribution is -1.82. The van der Waals surface area contributed by atoms with Crippen molar-refractivity contribution in [3.05, 3.63) is 76.9 Å². The van der Waals surface area contributed by atoms with Gasteiger partial charge in [-0.3, -0.25) is 0 Å². The van der Waals surface area contributed by atoms with E-state index in [-0.39, 0.29) is 0 Å². The molecule has 0 aliphatic carbocycles. The van der Waals surface area contributed by atoms with Gasteiger partial charge in [0.1, 0.15) is 5.82 Å². The second-order valence-corrected chi connectivity index (χ2v) is 8.13. The maximum absolute atomic E-state index is 5.09. The second-order valence-electron chi connectivity index (χ2n) is 7.22. The summed E-state index contributed by atoms with van der Waals surface area (Å²) in [6.45, 7) is 2.11. The van der Waals surface area contributed by atoms with Gasteiger partial charge in [-0.1, -0.05) is 64.5 Å². The first-order valence-corrected chi connectivity index (χ1v) is 10.1. The van der Waals surface area contributed by atoms with E-state index in [1.165, 1.54) is 21.5 Å². The second kappa shape index (κ2) is 5.69. The number of fused-ring (bicyclic) bond motifs is 7. The molecule has 0 bridgehead atoms. The Bertz CT molecular complexity index is 1540. The number of aryl methyl sites for hydroxylation is 1. The molecule has 6 rings (SSSR count). The van der Waals surface area contributed by atoms with Crippen LogP contribution in [0.1, 0.15) is 5.69 Å². The van der Waals surface area contributed by atoms with Gasteiger partial charge in [0.25, 0.3) is 0 Å². The molecule has 0 atom stereocenters. The molecular formula is C24H16BrN3. The molecule has 2 heterocycles. The quantitative estimate of drug-likeness (QED) is 0.271. The molecule has 134 valence electrons. The predicted molar refractivity (Wildman–Crippen MR) is 121 cm³/mol. The summed E-state index contributed by atoms with van der Waals surface area (Å²) in [6, 6.07) is 23.3. The van der Waals surface area contributed by atoms with Crippen molar-refractivity contribution in [1.29, 1.82) is 0 Å². The number of H-pyrrole nitrogens is 2. The van der Waals surface area contributed by atoms with Gasteiger partial charge >= 0.3 is 0 Å². The van der Waals surface area contributed by atoms with Crippen molar-refractivity contribution < 1.29 is 0 Å². The highest BCUT2D eigenvalue weighted by atomic mass is 79.9. The molecule has 0 saturated heterocycles. The van der Waals surface area contributed by atoms with E-state index < -0.39 is 0 Å². The summed E-state index contributed by atoms with van der Waals surface area (Å²) in [5.74, 6) is 0.905. The van der Waals surface area contributed by atoms with Crippen molar-refractivity contribution in [3.8, 4) is 11.4 Å². The number of hydrogen-bond donors (Lipinski definition) is 2. The molecule has 0 amide bonds. The molecule has 0 saturated carbocycles. The summed E-state index contributed by atoms with van der Waals surface area (Å²) in [6.07, 6.45) is 0. The standard InChI is InChI=1S/C24H16BrN3/c1-13-21(18-8-4-5-9-20(18)26-13)24-27-22-17-7-3-2-6-15(17)16-11-10-14(25)12-19(16)23(22)28-24/h2-12,26H,1H3,(H,27,28). The van der Waals surface area contributed by atoms with Crippen molar-refractivity contribution in [2.75, 3.05) is 0 Å². The van der Waals surface area contributed by atoms with Crippen LogP contribution < -0.4 is 0 Å². The van der Waals surface area contributed by atoms with Crippen molar-refractivity contribution in [2.45, 2.75) is 6.92 Å². The number of halogens is 1. The monoisotopic (exact) mass is 425 g/mol. The molecule has 0 spiro atoms. The van der Waals surface area contributed by atoms with Gasteiger partial charge in [0, 0.05) is 37.4 Å². The number of imidazole rings is 1. The molecule has 3 nitrogen and oxygen atoms in total. The Morgan fingerprint density at radius 1 is 0.750 bits per heavy atom. The minimum absolute atomic E-state index is 0.905. The average Bonchev–Trinajstić information content (AvgIpc) is 3.28. The summed E-state index contributed by atoms with van der Waals surface area (Å²) in [5, 5.41) is 6.00. The number of para-hydroxylation sites is 1. The Morgan fingerprint density at radius 3 is 2.32 bits per heavy atom. The molecule has 0 aliphatic heterocycles. The van der Waals surface area contributed by atoms with Crippen molar-refractivity contribution in [2.24, 2.45) is 0 Å². The Morgan fingerprint density at radius 2 is 1.46 bits per heavy atom. The first-order valence-electron chi connectivity index (χ1n) is 9.28. The third kappa shape index (κ3) is 2.12. The number of rotatable bonds is 1. The van der Waals surface area contributed by atoms with Crippen LogP contribution >= 0.6 is 15.9 Å². The summed E-state index contributed by atoms with van der Waals surface area (Å²) in [7, 11) is 0. The van der Waals surface area contributed by atoms with E-state index in [9.17, 15) is 0 Å². The van der Waals surface area contributed by atoms with Crippen LogP contribution in [0.3, 0.4) is 0 Å². The molecule has 2 aromatic heterocycles. The minimum atomic E-state index is 0.905. The lowest BCUT2D eigenvalue weighted by atomic mass is 10.0. The molecule has 2 N–H and O–H groups in total. The number of nitrogens with one attached hydrogen (secondary N) is 2. The topological polar surface area (TPSA) is 44.5 Å². The zero-order valence-corrected chi connectivity index (χ0v) is 16.8. The van der Waals surface area contributed by atoms with Gasteiger partial charge in [0.2, 0.25) is 0 Å². The molecule has 0 aliphatic rings. The van der Waals surface area contributed by atoms with Crippen LogP contribution in [-0.4, -0.2) is 15.0 Å². The first kappa shape index (κ1) is 15.9. The normalized spacial score (nSPS) is 11.9. The van der Waals surface area contributed by atoms with Crippen LogP contribution in [0.2, 0.25) is 0 Å². The fourth-order valence-electron chi connectivity index (χ4n) is 4.35. The number of benzene rings is 4. The van der Waals surface area contributed by atoms with Gasteiger partial charge in [-0.2, -0.15) is 0 Å². The Labute approximate surface area is 169 Å². The summed E-state index contributed by atoms with van der Waals surface area (Å²) >= 11 is 3.63. The molecule has 0 fully saturated rings. The van der Waals surface area contributed by atoms with Crippen LogP contribution in [0, 0.1) is 6.92 Å². The highest BCUT2D eigenvalue weighted by Crippen LogP contribution is 2.38. The summed E-state index contributed by atoms with van der Waals surface area (Å²) in [4.78, 5) is 12.2. The van der Waals surface area contributed by atoms with Gasteiger partial charge in [-0.15, -0.1) is 0 Å². The van der Waals surface area contributed by atoms with Crippen LogP contribution in [0.25, 0.3) is 54.9 Å². The summed E-state index contributed by atoms with van der Waals surface area (Å²) in [5.41, 5.74) is 5.48. The molecule has 0 unspecified atom stereocenters. The molecule has 28 heavy (non-hydrogen) atoms. The van der Waals surface area contributed by atoms with Crippen LogP contribution in [0.15, 0.2) is 71.2 Å². The average molecular weight is 426 g/mol. The predicted octanol–water partition coefficient (Wildman–Crippen LogP) is 7.09. The maximum atomic E-state index is 5.09. The van der Waals surface area contributed by atoms with E-state index in [2.05, 4.69) is 99.6 Å². The number of aromatic amines is 2. The zero-order chi connectivity index (χ0) is 18.8. The zero-order valence-electron chi connectivity index (χ0n) is 15.2. The molecule has 4 aromatic carbocycles. The minimum Gasteiger partial charge on any atom is -0.358 e. The van der Waals surface area contributed by atoms with Crippen LogP contribution in [0.4, 0.5) is 0 Å². The molecule has 4 heteroatoms. The lowest BCUT2D eigenvalue weighted by molar-refractivity contribution is 1.26. The lowest BCUT2D eigenvalue weighted by Gasteiger charge is -2.06. The molecule has 6 aromatic rings. The van der Waals surface area contributed by atoms with Gasteiger partial charge in [0.15, 0.2) is 0 Å². The van der Waals surface area contributed by atoms with Gasteiger partial charge in [-0.25, -0.2) is 4.98 Å². The van der Waals surface area contributed by atoms with Crippen LogP contribution in [0.5, 0.6) is 0 Å². The van der Waals surface area contributed by atoms with Gasteiger partial charge in [0.05, 0.1) is 11.0 Å². The van der Waals surface area contributed by atoms with Crippen molar-refractivity contribution in [3.63, 3.8) is 0 Å². The van der Waals surface area contributed by atoms with Gasteiger partial charge in [-0.05, 0) is 35.9 Å². The smallest absolute Gasteiger partial charge is 0.140 e. The van der Waals surface area contributed by atoms with E-state index in [4.69, 9.17) is 4.98 Å². The third-order valence-electron chi connectivity index (χ3n) is 5.56. The van der Waals surface area contributed by atoms with Crippen molar-refractivity contribution >= 4 is 59.4 Å². The Kier molecular flexibility index (Phi) is 3.23. The number of nitrogens with zero attached hydrogens (tertiary/aromatic N) is 1. The third-order valence-corrected chi connectivity index (χ3v) is 6.05. The fourth-order valence-corrected chi connectivity index (χ4v) is 4.71. The fraction of sp³-hybridized carbons (Fsp3) is 0.0417. The Hall–Kier alpha value is -3.11. The molecule has 0 radical (unpaired) electrons. The highest BCUT2D eigenvalue weighted by molar-refractivity contribution is 9.10. The largest absolute Gasteiger partial charge is 0.358 e. The first-order chi connectivity index (χ1) is 13.7. The maximum Gasteiger partial charge on any atom is 0.140 e. The van der Waals surface area contributed by atoms with E-state index in [1.807, 2.05) is 0 Å². The van der Waals surface area contributed by atoms with Crippen LogP contribution in [-0.2, 0) is 0 Å². The summed E-state index contributed by atoms with van der Waals surface area (Å²) < 4.78 is 1.06. The van der Waals surface area contributed by atoms with Crippen molar-refractivity contribution in [1.82, 2.24) is 15.0 Å². The number of hydrogen-bond acceptors (Lipinski definition) is 1.